The molecular formula is HNNa4O6P2. The van der Waals surface area contributed by atoms with Crippen molar-refractivity contribution in [1.82, 2.24) is 4.86 Å². The Bertz CT molecular complexity index is 163. The van der Waals surface area contributed by atoms with Crippen molar-refractivity contribution in [2.75, 3.05) is 0 Å². The van der Waals surface area contributed by atoms with E-state index in [-0.39, 0.29) is 118 Å². The Kier molecular flexibility index (Phi) is 29.7. The Balaban J connectivity index is -0.0000000533. The molecule has 0 heterocycles. The molecule has 0 rings (SSSR count). The second kappa shape index (κ2) is 12.7. The molecule has 0 aliphatic heterocycles. The molecule has 56 valence electrons. The van der Waals surface area contributed by atoms with Crippen molar-refractivity contribution in [3.8, 4) is 0 Å². The maximum Gasteiger partial charge on any atom is 1.00 e. The minimum absolute atomic E-state index is 0. The average Bonchev–Trinajstić information content (AvgIpc) is 1.14. The summed E-state index contributed by atoms with van der Waals surface area (Å²) in [6.45, 7) is 0. The standard InChI is InChI=1S/H5NO6P2.4Na/c2-8(3,4)1-9(5,6)7;;;;/h(H5,1,2,3,4,5,6,7);;;;/q;4*+1/p-4. The summed E-state index contributed by atoms with van der Waals surface area (Å²) in [5.74, 6) is 0. The molecule has 0 saturated carbocycles. The van der Waals surface area contributed by atoms with Crippen LogP contribution in [0.15, 0.2) is 0 Å². The van der Waals surface area contributed by atoms with E-state index in [0.717, 1.165) is 0 Å². The van der Waals surface area contributed by atoms with Crippen molar-refractivity contribution in [3.63, 3.8) is 0 Å². The van der Waals surface area contributed by atoms with Gasteiger partial charge in [-0.3, -0.25) is 4.86 Å². The molecule has 0 atom stereocenters. The summed E-state index contributed by atoms with van der Waals surface area (Å²) in [6, 6.07) is 0. The fraction of sp³-hybridized carbons (Fsp3) is 0. The van der Waals surface area contributed by atoms with Gasteiger partial charge in [0.05, 0.1) is 0 Å². The Morgan fingerprint density at radius 1 is 0.692 bits per heavy atom. The van der Waals surface area contributed by atoms with Crippen molar-refractivity contribution in [2.45, 2.75) is 0 Å². The third kappa shape index (κ3) is 31.4. The van der Waals surface area contributed by atoms with Crippen LogP contribution in [0.1, 0.15) is 0 Å². The van der Waals surface area contributed by atoms with E-state index in [2.05, 4.69) is 0 Å². The normalized spacial score (nSPS) is 9.54. The summed E-state index contributed by atoms with van der Waals surface area (Å²) in [5, 5.41) is 0. The molecule has 0 aromatic heterocycles. The Morgan fingerprint density at radius 2 is 0.846 bits per heavy atom. The molecule has 0 spiro atoms. The summed E-state index contributed by atoms with van der Waals surface area (Å²) in [6.07, 6.45) is 0. The molecule has 0 amide bonds. The maximum atomic E-state index is 9.44. The SMILES string of the molecule is O=P([O-])([O-])NP(=O)([O-])[O-].[Na+].[Na+].[Na+].[Na+]. The van der Waals surface area contributed by atoms with Crippen LogP contribution in [0, 0.1) is 0 Å². The maximum absolute atomic E-state index is 9.44. The zero-order chi connectivity index (χ0) is 7.71. The molecule has 0 aliphatic carbocycles. The van der Waals surface area contributed by atoms with Gasteiger partial charge < -0.3 is 28.7 Å². The summed E-state index contributed by atoms with van der Waals surface area (Å²) in [7, 11) is -10.9. The zero-order valence-electron chi connectivity index (χ0n) is 7.84. The molecule has 0 unspecified atom stereocenters. The first-order chi connectivity index (χ1) is 3.71. The molecule has 7 nitrogen and oxygen atoms in total. The van der Waals surface area contributed by atoms with Crippen LogP contribution in [0.2, 0.25) is 0 Å². The van der Waals surface area contributed by atoms with Gasteiger partial charge in [0.2, 0.25) is 0 Å². The molecule has 0 aliphatic rings. The Labute approximate surface area is 164 Å². The summed E-state index contributed by atoms with van der Waals surface area (Å²) in [4.78, 5) is 38.1. The van der Waals surface area contributed by atoms with Crippen LogP contribution in [0.3, 0.4) is 0 Å². The number of nitrogens with one attached hydrogen (secondary N) is 1. The van der Waals surface area contributed by atoms with Gasteiger partial charge in [0.15, 0.2) is 0 Å². The third-order valence-corrected chi connectivity index (χ3v) is 2.20. The molecule has 0 saturated heterocycles. The smallest absolute Gasteiger partial charge is 0.799 e. The van der Waals surface area contributed by atoms with E-state index in [4.69, 9.17) is 0 Å². The van der Waals surface area contributed by atoms with Crippen molar-refractivity contribution in [1.29, 1.82) is 0 Å². The van der Waals surface area contributed by atoms with Crippen LogP contribution in [0.25, 0.3) is 0 Å². The first-order valence-electron chi connectivity index (χ1n) is 1.54. The van der Waals surface area contributed by atoms with Crippen LogP contribution in [0.4, 0.5) is 0 Å². The largest absolute Gasteiger partial charge is 1.00 e. The average molecular weight is 265 g/mol. The van der Waals surface area contributed by atoms with Crippen LogP contribution >= 0.6 is 15.5 Å². The zero-order valence-corrected chi connectivity index (χ0v) is 17.6. The van der Waals surface area contributed by atoms with E-state index in [0.29, 0.717) is 4.86 Å². The van der Waals surface area contributed by atoms with Gasteiger partial charge in [0.25, 0.3) is 0 Å². The molecule has 0 aromatic carbocycles. The molecule has 1 N–H and O–H groups in total. The first-order valence-corrected chi connectivity index (χ1v) is 4.63. The molecule has 0 bridgehead atoms. The molecule has 13 heteroatoms. The second-order valence-corrected chi connectivity index (χ2v) is 3.88. The van der Waals surface area contributed by atoms with Gasteiger partial charge in [0.1, 0.15) is 0 Å². The number of rotatable bonds is 2. The Morgan fingerprint density at radius 3 is 0.846 bits per heavy atom. The van der Waals surface area contributed by atoms with E-state index < -0.39 is 15.5 Å². The van der Waals surface area contributed by atoms with Crippen LogP contribution in [-0.2, 0) is 9.13 Å². The summed E-state index contributed by atoms with van der Waals surface area (Å²) >= 11 is 0. The third-order valence-electron chi connectivity index (χ3n) is 0.245. The monoisotopic (exact) mass is 265 g/mol. The van der Waals surface area contributed by atoms with E-state index >= 15 is 0 Å². The fourth-order valence-corrected chi connectivity index (χ4v) is 1.35. The van der Waals surface area contributed by atoms with Gasteiger partial charge in [-0.05, 0) is 0 Å². The fourth-order valence-electron chi connectivity index (χ4n) is 0.150. The predicted molar refractivity (Wildman–Crippen MR) is 18.3 cm³/mol. The van der Waals surface area contributed by atoms with Crippen LogP contribution < -0.4 is 143 Å². The minimum Gasteiger partial charge on any atom is -0.799 e. The van der Waals surface area contributed by atoms with Crippen LogP contribution in [0.5, 0.6) is 0 Å². The predicted octanol–water partition coefficient (Wildman–Crippen LogP) is -15.8. The molecular weight excluding hydrogens is 264 g/mol. The van der Waals surface area contributed by atoms with E-state index in [9.17, 15) is 28.7 Å². The van der Waals surface area contributed by atoms with Gasteiger partial charge in [-0.25, -0.2) is 0 Å². The number of hydrogen-bond donors (Lipinski definition) is 1. The van der Waals surface area contributed by atoms with Gasteiger partial charge >= 0.3 is 118 Å². The van der Waals surface area contributed by atoms with Crippen molar-refractivity contribution >= 4 is 15.5 Å². The molecule has 0 aromatic rings. The van der Waals surface area contributed by atoms with Crippen molar-refractivity contribution < 1.29 is 147 Å². The van der Waals surface area contributed by atoms with Crippen molar-refractivity contribution in [3.05, 3.63) is 0 Å². The van der Waals surface area contributed by atoms with Gasteiger partial charge in [0, 0.05) is 15.5 Å². The van der Waals surface area contributed by atoms with E-state index in [1.54, 1.807) is 0 Å². The number of hydrogen-bond acceptors (Lipinski definition) is 6. The van der Waals surface area contributed by atoms with Gasteiger partial charge in [-0.2, -0.15) is 0 Å². The molecule has 0 fully saturated rings. The minimum atomic E-state index is -5.43. The van der Waals surface area contributed by atoms with Gasteiger partial charge in [-0.15, -0.1) is 0 Å². The Hall–Kier alpha value is 4.26. The molecule has 13 heavy (non-hydrogen) atoms. The van der Waals surface area contributed by atoms with E-state index in [1.165, 1.54) is 0 Å². The van der Waals surface area contributed by atoms with Gasteiger partial charge in [-0.1, -0.05) is 0 Å². The summed E-state index contributed by atoms with van der Waals surface area (Å²) < 4.78 is 18.9. The molecule has 0 radical (unpaired) electrons. The topological polar surface area (TPSA) is 138 Å². The van der Waals surface area contributed by atoms with E-state index in [1.807, 2.05) is 0 Å². The van der Waals surface area contributed by atoms with Crippen LogP contribution in [-0.4, -0.2) is 0 Å². The second-order valence-electron chi connectivity index (χ2n) is 1.09. The first kappa shape index (κ1) is 30.4. The van der Waals surface area contributed by atoms with Crippen molar-refractivity contribution in [2.24, 2.45) is 0 Å². The quantitative estimate of drug-likeness (QED) is 0.386. The summed E-state index contributed by atoms with van der Waals surface area (Å²) in [5.41, 5.74) is 0.